The molecule has 1 aromatic carbocycles. The van der Waals surface area contributed by atoms with E-state index in [1.165, 1.54) is 24.8 Å². The molecule has 1 fully saturated rings. The Hall–Kier alpha value is -0.820. The van der Waals surface area contributed by atoms with Gasteiger partial charge in [0.1, 0.15) is 0 Å². The van der Waals surface area contributed by atoms with Crippen molar-refractivity contribution >= 4 is 0 Å². The van der Waals surface area contributed by atoms with Crippen LogP contribution < -0.4 is 5.32 Å². The predicted octanol–water partition coefficient (Wildman–Crippen LogP) is 3.18. The molecule has 2 unspecified atom stereocenters. The standard InChI is InChI=1S/C14H21N/c1-3-13(15-2)14(12-9-10-12)11-7-5-4-6-8-11/h4-8,12-15H,3,9-10H2,1-2H3. The first kappa shape index (κ1) is 10.7. The zero-order valence-electron chi connectivity index (χ0n) is 9.74. The Labute approximate surface area is 92.9 Å². The van der Waals surface area contributed by atoms with E-state index in [0.29, 0.717) is 6.04 Å². The average molecular weight is 203 g/mol. The number of benzene rings is 1. The number of nitrogens with one attached hydrogen (secondary N) is 1. The summed E-state index contributed by atoms with van der Waals surface area (Å²) >= 11 is 0. The monoisotopic (exact) mass is 203 g/mol. The highest BCUT2D eigenvalue weighted by Crippen LogP contribution is 2.44. The van der Waals surface area contributed by atoms with Crippen LogP contribution >= 0.6 is 0 Å². The maximum atomic E-state index is 3.47. The van der Waals surface area contributed by atoms with Gasteiger partial charge in [-0.3, -0.25) is 0 Å². The summed E-state index contributed by atoms with van der Waals surface area (Å²) in [7, 11) is 2.09. The lowest BCUT2D eigenvalue weighted by atomic mass is 9.86. The fourth-order valence-electron chi connectivity index (χ4n) is 2.60. The molecule has 0 radical (unpaired) electrons. The minimum atomic E-state index is 0.639. The van der Waals surface area contributed by atoms with Crippen molar-refractivity contribution in [3.63, 3.8) is 0 Å². The molecule has 15 heavy (non-hydrogen) atoms. The van der Waals surface area contributed by atoms with Crippen LogP contribution in [0.25, 0.3) is 0 Å². The first-order valence-corrected chi connectivity index (χ1v) is 6.09. The Morgan fingerprint density at radius 1 is 1.27 bits per heavy atom. The molecule has 1 aromatic rings. The molecule has 2 rings (SSSR count). The molecule has 1 N–H and O–H groups in total. The Morgan fingerprint density at radius 2 is 1.93 bits per heavy atom. The molecule has 0 spiro atoms. The minimum absolute atomic E-state index is 0.639. The third-order valence-corrected chi connectivity index (χ3v) is 3.56. The summed E-state index contributed by atoms with van der Waals surface area (Å²) in [5.41, 5.74) is 1.52. The molecule has 1 aliphatic rings. The maximum Gasteiger partial charge on any atom is 0.0133 e. The van der Waals surface area contributed by atoms with E-state index < -0.39 is 0 Å². The molecule has 0 heterocycles. The topological polar surface area (TPSA) is 12.0 Å². The van der Waals surface area contributed by atoms with Gasteiger partial charge >= 0.3 is 0 Å². The predicted molar refractivity (Wildman–Crippen MR) is 65.0 cm³/mol. The molecule has 0 amide bonds. The van der Waals surface area contributed by atoms with Crippen molar-refractivity contribution < 1.29 is 0 Å². The summed E-state index contributed by atoms with van der Waals surface area (Å²) in [5.74, 6) is 1.64. The van der Waals surface area contributed by atoms with Gasteiger partial charge in [0.05, 0.1) is 0 Å². The van der Waals surface area contributed by atoms with Crippen molar-refractivity contribution in [1.29, 1.82) is 0 Å². The van der Waals surface area contributed by atoms with Gasteiger partial charge in [-0.05, 0) is 37.8 Å². The van der Waals surface area contributed by atoms with E-state index in [1.54, 1.807) is 0 Å². The van der Waals surface area contributed by atoms with Crippen molar-refractivity contribution in [2.45, 2.75) is 38.1 Å². The van der Waals surface area contributed by atoms with E-state index in [0.717, 1.165) is 11.8 Å². The Kier molecular flexibility index (Phi) is 3.42. The molecule has 1 aliphatic carbocycles. The Morgan fingerprint density at radius 3 is 2.40 bits per heavy atom. The lowest BCUT2D eigenvalue weighted by Crippen LogP contribution is -2.32. The quantitative estimate of drug-likeness (QED) is 0.775. The maximum absolute atomic E-state index is 3.47. The lowest BCUT2D eigenvalue weighted by molar-refractivity contribution is 0.414. The average Bonchev–Trinajstić information content (AvgIpc) is 3.11. The van der Waals surface area contributed by atoms with E-state index in [2.05, 4.69) is 49.6 Å². The van der Waals surface area contributed by atoms with Gasteiger partial charge in [-0.15, -0.1) is 0 Å². The molecule has 1 heteroatoms. The first-order valence-electron chi connectivity index (χ1n) is 6.09. The highest BCUT2D eigenvalue weighted by molar-refractivity contribution is 5.23. The Balaban J connectivity index is 2.19. The molecule has 2 atom stereocenters. The number of likely N-dealkylation sites (N-methyl/N-ethyl adjacent to an activating group) is 1. The van der Waals surface area contributed by atoms with Crippen LogP contribution in [0.4, 0.5) is 0 Å². The van der Waals surface area contributed by atoms with Crippen LogP contribution in [0.2, 0.25) is 0 Å². The molecule has 1 nitrogen and oxygen atoms in total. The normalized spacial score (nSPS) is 19.9. The molecule has 0 bridgehead atoms. The smallest absolute Gasteiger partial charge is 0.0133 e. The third-order valence-electron chi connectivity index (χ3n) is 3.56. The summed E-state index contributed by atoms with van der Waals surface area (Å²) in [6, 6.07) is 11.6. The number of hydrogen-bond donors (Lipinski definition) is 1. The van der Waals surface area contributed by atoms with Crippen LogP contribution in [0, 0.1) is 5.92 Å². The minimum Gasteiger partial charge on any atom is -0.316 e. The molecule has 0 aromatic heterocycles. The molecule has 82 valence electrons. The highest BCUT2D eigenvalue weighted by Gasteiger charge is 2.36. The van der Waals surface area contributed by atoms with Crippen LogP contribution in [0.15, 0.2) is 30.3 Å². The van der Waals surface area contributed by atoms with Crippen molar-refractivity contribution in [1.82, 2.24) is 5.32 Å². The van der Waals surface area contributed by atoms with E-state index in [-0.39, 0.29) is 0 Å². The Bertz CT molecular complexity index is 285. The van der Waals surface area contributed by atoms with Crippen molar-refractivity contribution in [3.05, 3.63) is 35.9 Å². The van der Waals surface area contributed by atoms with Crippen LogP contribution in [-0.2, 0) is 0 Å². The van der Waals surface area contributed by atoms with Crippen LogP contribution in [0.5, 0.6) is 0 Å². The summed E-state index contributed by atoms with van der Waals surface area (Å²) in [6.45, 7) is 2.28. The van der Waals surface area contributed by atoms with Crippen molar-refractivity contribution in [3.8, 4) is 0 Å². The SMILES string of the molecule is CCC(NC)C(c1ccccc1)C1CC1. The van der Waals surface area contributed by atoms with Gasteiger partial charge in [-0.2, -0.15) is 0 Å². The van der Waals surface area contributed by atoms with E-state index in [9.17, 15) is 0 Å². The third kappa shape index (κ3) is 2.40. The molecule has 0 aliphatic heterocycles. The number of rotatable bonds is 5. The van der Waals surface area contributed by atoms with Gasteiger partial charge in [0.25, 0.3) is 0 Å². The molecular weight excluding hydrogens is 182 g/mol. The summed E-state index contributed by atoms with van der Waals surface area (Å²) < 4.78 is 0. The second kappa shape index (κ2) is 4.80. The van der Waals surface area contributed by atoms with E-state index >= 15 is 0 Å². The van der Waals surface area contributed by atoms with Gasteiger partial charge in [-0.25, -0.2) is 0 Å². The fourth-order valence-corrected chi connectivity index (χ4v) is 2.60. The van der Waals surface area contributed by atoms with Crippen LogP contribution in [0.3, 0.4) is 0 Å². The van der Waals surface area contributed by atoms with Gasteiger partial charge in [0, 0.05) is 12.0 Å². The summed E-state index contributed by atoms with van der Waals surface area (Å²) in [5, 5.41) is 3.47. The lowest BCUT2D eigenvalue weighted by Gasteiger charge is -2.26. The van der Waals surface area contributed by atoms with Gasteiger partial charge in [0.2, 0.25) is 0 Å². The van der Waals surface area contributed by atoms with Crippen LogP contribution in [-0.4, -0.2) is 13.1 Å². The molecule has 0 saturated heterocycles. The summed E-state index contributed by atoms with van der Waals surface area (Å²) in [6.07, 6.45) is 4.04. The number of hydrogen-bond acceptors (Lipinski definition) is 1. The van der Waals surface area contributed by atoms with Crippen molar-refractivity contribution in [2.75, 3.05) is 7.05 Å². The van der Waals surface area contributed by atoms with Crippen LogP contribution in [0.1, 0.15) is 37.7 Å². The first-order chi connectivity index (χ1) is 7.36. The summed E-state index contributed by atoms with van der Waals surface area (Å²) in [4.78, 5) is 0. The second-order valence-corrected chi connectivity index (χ2v) is 4.58. The van der Waals surface area contributed by atoms with Crippen molar-refractivity contribution in [2.24, 2.45) is 5.92 Å². The largest absolute Gasteiger partial charge is 0.316 e. The highest BCUT2D eigenvalue weighted by atomic mass is 14.9. The molecular formula is C14H21N. The van der Waals surface area contributed by atoms with Gasteiger partial charge < -0.3 is 5.32 Å². The fraction of sp³-hybridized carbons (Fsp3) is 0.571. The zero-order chi connectivity index (χ0) is 10.7. The molecule has 1 saturated carbocycles. The van der Waals surface area contributed by atoms with Gasteiger partial charge in [0.15, 0.2) is 0 Å². The second-order valence-electron chi connectivity index (χ2n) is 4.58. The van der Waals surface area contributed by atoms with E-state index in [4.69, 9.17) is 0 Å². The zero-order valence-corrected chi connectivity index (χ0v) is 9.74. The van der Waals surface area contributed by atoms with Gasteiger partial charge in [-0.1, -0.05) is 37.3 Å². The van der Waals surface area contributed by atoms with E-state index in [1.807, 2.05) is 0 Å².